The summed E-state index contributed by atoms with van der Waals surface area (Å²) in [5.41, 5.74) is 5.00. The minimum atomic E-state index is -0.520. The van der Waals surface area contributed by atoms with Crippen LogP contribution >= 0.6 is 0 Å². The molecule has 0 bridgehead atoms. The minimum Gasteiger partial charge on any atom is -0.507 e. The van der Waals surface area contributed by atoms with Gasteiger partial charge in [0.05, 0.1) is 11.1 Å². The molecule has 0 aliphatic rings. The lowest BCUT2D eigenvalue weighted by Gasteiger charge is -2.06. The molecule has 5 rings (SSSR count). The van der Waals surface area contributed by atoms with Crippen LogP contribution in [0.25, 0.3) is 32.8 Å². The number of amides is 1. The lowest BCUT2D eigenvalue weighted by molar-refractivity contribution is -0.384. The Morgan fingerprint density at radius 2 is 1.74 bits per heavy atom. The first-order chi connectivity index (χ1) is 16.5. The van der Waals surface area contributed by atoms with Crippen LogP contribution in [0.15, 0.2) is 90.0 Å². The van der Waals surface area contributed by atoms with E-state index in [2.05, 4.69) is 15.5 Å². The number of carbonyl (C=O) groups is 1. The first kappa shape index (κ1) is 20.9. The molecule has 1 heterocycles. The molecule has 0 radical (unpaired) electrons. The summed E-state index contributed by atoms with van der Waals surface area (Å²) in [6.45, 7) is 0. The molecule has 0 unspecified atom stereocenters. The van der Waals surface area contributed by atoms with Gasteiger partial charge in [0, 0.05) is 34.2 Å². The van der Waals surface area contributed by atoms with E-state index >= 15 is 0 Å². The predicted octanol–water partition coefficient (Wildman–Crippen LogP) is 5.37. The van der Waals surface area contributed by atoms with E-state index in [1.54, 1.807) is 18.2 Å². The van der Waals surface area contributed by atoms with Gasteiger partial charge in [0.25, 0.3) is 11.6 Å². The Kier molecular flexibility index (Phi) is 5.23. The summed E-state index contributed by atoms with van der Waals surface area (Å²) in [5.74, 6) is -0.478. The van der Waals surface area contributed by atoms with Gasteiger partial charge in [-0.05, 0) is 28.5 Å². The van der Waals surface area contributed by atoms with E-state index in [1.165, 1.54) is 18.3 Å². The predicted molar refractivity (Wildman–Crippen MR) is 131 cm³/mol. The van der Waals surface area contributed by atoms with E-state index in [9.17, 15) is 20.0 Å². The number of aromatic nitrogens is 1. The lowest BCUT2D eigenvalue weighted by atomic mass is 10.0. The third kappa shape index (κ3) is 3.73. The van der Waals surface area contributed by atoms with Gasteiger partial charge >= 0.3 is 0 Å². The highest BCUT2D eigenvalue weighted by Gasteiger charge is 2.21. The molecule has 0 saturated heterocycles. The molecular formula is C26H18N4O4. The Morgan fingerprint density at radius 1 is 0.971 bits per heavy atom. The largest absolute Gasteiger partial charge is 0.507 e. The molecule has 1 amide bonds. The van der Waals surface area contributed by atoms with Gasteiger partial charge in [-0.1, -0.05) is 60.7 Å². The van der Waals surface area contributed by atoms with Gasteiger partial charge in [0.2, 0.25) is 0 Å². The van der Waals surface area contributed by atoms with Crippen molar-refractivity contribution < 1.29 is 14.8 Å². The first-order valence-electron chi connectivity index (χ1n) is 10.4. The molecule has 166 valence electrons. The fourth-order valence-corrected chi connectivity index (χ4v) is 4.00. The maximum Gasteiger partial charge on any atom is 0.288 e. The van der Waals surface area contributed by atoms with Crippen molar-refractivity contribution in [1.29, 1.82) is 0 Å². The van der Waals surface area contributed by atoms with Crippen molar-refractivity contribution in [2.45, 2.75) is 0 Å². The van der Waals surface area contributed by atoms with Crippen molar-refractivity contribution in [2.24, 2.45) is 5.10 Å². The van der Waals surface area contributed by atoms with Crippen LogP contribution in [0.3, 0.4) is 0 Å². The van der Waals surface area contributed by atoms with Crippen molar-refractivity contribution >= 4 is 39.5 Å². The number of benzene rings is 4. The van der Waals surface area contributed by atoms with E-state index in [0.29, 0.717) is 22.0 Å². The van der Waals surface area contributed by atoms with Crippen molar-refractivity contribution in [3.8, 4) is 16.9 Å². The van der Waals surface area contributed by atoms with Crippen molar-refractivity contribution in [3.05, 3.63) is 106 Å². The molecule has 0 spiro atoms. The number of phenolic OH excluding ortho intramolecular Hbond substituents is 1. The standard InChI is InChI=1S/C26H18N4O4/c31-23-13-10-16-6-4-5-9-19(16)21(23)15-27-29-26(32)25-24(17-7-2-1-3-8-17)20-14-18(30(33)34)11-12-22(20)28-25/h1-15,28,31H,(H,29,32)/b27-15-. The van der Waals surface area contributed by atoms with Crippen LogP contribution in [-0.4, -0.2) is 27.1 Å². The van der Waals surface area contributed by atoms with E-state index in [0.717, 1.165) is 16.3 Å². The van der Waals surface area contributed by atoms with Crippen molar-refractivity contribution in [1.82, 2.24) is 10.4 Å². The Hall–Kier alpha value is -4.98. The zero-order valence-electron chi connectivity index (χ0n) is 17.7. The van der Waals surface area contributed by atoms with E-state index < -0.39 is 10.8 Å². The van der Waals surface area contributed by atoms with Gasteiger partial charge in [0.15, 0.2) is 0 Å². The highest BCUT2D eigenvalue weighted by molar-refractivity contribution is 6.10. The Bertz CT molecular complexity index is 1590. The van der Waals surface area contributed by atoms with Crippen LogP contribution < -0.4 is 5.43 Å². The Labute approximate surface area is 193 Å². The van der Waals surface area contributed by atoms with E-state index in [4.69, 9.17) is 0 Å². The number of nitro benzene ring substituents is 1. The number of aromatic hydroxyl groups is 1. The molecule has 0 aliphatic heterocycles. The molecule has 0 atom stereocenters. The first-order valence-corrected chi connectivity index (χ1v) is 10.4. The summed E-state index contributed by atoms with van der Waals surface area (Å²) < 4.78 is 0. The molecule has 34 heavy (non-hydrogen) atoms. The number of fused-ring (bicyclic) bond motifs is 2. The molecule has 1 aromatic heterocycles. The van der Waals surface area contributed by atoms with Crippen molar-refractivity contribution in [3.63, 3.8) is 0 Å². The van der Waals surface area contributed by atoms with Crippen LogP contribution in [0.2, 0.25) is 0 Å². The van der Waals surface area contributed by atoms with Gasteiger partial charge in [0.1, 0.15) is 11.4 Å². The third-order valence-corrected chi connectivity index (χ3v) is 5.59. The number of H-pyrrole nitrogens is 1. The van der Waals surface area contributed by atoms with Gasteiger partial charge in [-0.25, -0.2) is 5.43 Å². The van der Waals surface area contributed by atoms with Crippen LogP contribution in [-0.2, 0) is 0 Å². The Balaban J connectivity index is 1.54. The molecular weight excluding hydrogens is 432 g/mol. The number of nitrogens with one attached hydrogen (secondary N) is 2. The summed E-state index contributed by atoms with van der Waals surface area (Å²) in [5, 5.41) is 27.9. The highest BCUT2D eigenvalue weighted by atomic mass is 16.6. The average molecular weight is 450 g/mol. The molecule has 0 aliphatic carbocycles. The number of nitro groups is 1. The van der Waals surface area contributed by atoms with Gasteiger partial charge in [-0.3, -0.25) is 14.9 Å². The number of hydrazone groups is 1. The van der Waals surface area contributed by atoms with Gasteiger partial charge < -0.3 is 10.1 Å². The number of non-ortho nitro benzene ring substituents is 1. The zero-order valence-corrected chi connectivity index (χ0v) is 17.7. The number of carbonyl (C=O) groups excluding carboxylic acids is 1. The normalized spacial score (nSPS) is 11.3. The lowest BCUT2D eigenvalue weighted by Crippen LogP contribution is -2.18. The van der Waals surface area contributed by atoms with Crippen LogP contribution in [0.5, 0.6) is 5.75 Å². The minimum absolute atomic E-state index is 0.0413. The fraction of sp³-hybridized carbons (Fsp3) is 0. The Morgan fingerprint density at radius 3 is 2.53 bits per heavy atom. The van der Waals surface area contributed by atoms with Crippen LogP contribution in [0.1, 0.15) is 16.1 Å². The number of nitrogens with zero attached hydrogens (tertiary/aromatic N) is 2. The summed E-state index contributed by atoms with van der Waals surface area (Å²) in [4.78, 5) is 27.0. The summed E-state index contributed by atoms with van der Waals surface area (Å²) in [6, 6.07) is 24.5. The monoisotopic (exact) mass is 450 g/mol. The van der Waals surface area contributed by atoms with Crippen molar-refractivity contribution in [2.75, 3.05) is 0 Å². The quantitative estimate of drug-likeness (QED) is 0.189. The second-order valence-electron chi connectivity index (χ2n) is 7.65. The third-order valence-electron chi connectivity index (χ3n) is 5.59. The molecule has 3 N–H and O–H groups in total. The van der Waals surface area contributed by atoms with Crippen LogP contribution in [0.4, 0.5) is 5.69 Å². The molecule has 8 heteroatoms. The number of hydrogen-bond acceptors (Lipinski definition) is 5. The highest BCUT2D eigenvalue weighted by Crippen LogP contribution is 2.34. The smallest absolute Gasteiger partial charge is 0.288 e. The molecule has 0 saturated carbocycles. The fourth-order valence-electron chi connectivity index (χ4n) is 4.00. The molecule has 8 nitrogen and oxygen atoms in total. The maximum atomic E-state index is 13.1. The summed E-state index contributed by atoms with van der Waals surface area (Å²) >= 11 is 0. The SMILES string of the molecule is O=C(N/N=C\c1c(O)ccc2ccccc12)c1[nH]c2ccc([N+](=O)[O-])cc2c1-c1ccccc1. The number of aromatic amines is 1. The molecule has 0 fully saturated rings. The second-order valence-corrected chi connectivity index (χ2v) is 7.65. The van der Waals surface area contributed by atoms with Crippen LogP contribution in [0, 0.1) is 10.1 Å². The summed E-state index contributed by atoms with van der Waals surface area (Å²) in [6.07, 6.45) is 1.39. The second kappa shape index (κ2) is 8.51. The summed E-state index contributed by atoms with van der Waals surface area (Å²) in [7, 11) is 0. The van der Waals surface area contributed by atoms with E-state index in [1.807, 2.05) is 54.6 Å². The topological polar surface area (TPSA) is 121 Å². The zero-order chi connectivity index (χ0) is 23.7. The van der Waals surface area contributed by atoms with Gasteiger partial charge in [-0.2, -0.15) is 5.10 Å². The number of hydrogen-bond donors (Lipinski definition) is 3. The molecule has 4 aromatic carbocycles. The number of rotatable bonds is 5. The average Bonchev–Trinajstić information content (AvgIpc) is 3.24. The van der Waals surface area contributed by atoms with Gasteiger partial charge in [-0.15, -0.1) is 0 Å². The maximum absolute atomic E-state index is 13.1. The number of phenols is 1. The van der Waals surface area contributed by atoms with E-state index in [-0.39, 0.29) is 17.1 Å². The molecule has 5 aromatic rings.